The predicted molar refractivity (Wildman–Crippen MR) is 121 cm³/mol. The summed E-state index contributed by atoms with van der Waals surface area (Å²) >= 11 is 0. The summed E-state index contributed by atoms with van der Waals surface area (Å²) < 4.78 is 0. The zero-order chi connectivity index (χ0) is 21.2. The molecule has 0 atom stereocenters. The lowest BCUT2D eigenvalue weighted by atomic mass is 10.1. The third-order valence-corrected chi connectivity index (χ3v) is 5.08. The number of benzene rings is 1. The van der Waals surface area contributed by atoms with Crippen LogP contribution >= 0.6 is 0 Å². The number of carboxylic acids is 1. The van der Waals surface area contributed by atoms with Gasteiger partial charge in [0.05, 0.1) is 5.56 Å². The maximum absolute atomic E-state index is 11.9. The van der Waals surface area contributed by atoms with E-state index in [1.54, 1.807) is 12.1 Å². The Kier molecular flexibility index (Phi) is 14.5. The lowest BCUT2D eigenvalue weighted by Gasteiger charge is -2.05. The van der Waals surface area contributed by atoms with Crippen LogP contribution in [0.2, 0.25) is 0 Å². The predicted octanol–water partition coefficient (Wildman–Crippen LogP) is 7.36. The Hall–Kier alpha value is -2.10. The molecule has 29 heavy (non-hydrogen) atoms. The number of rotatable bonds is 17. The van der Waals surface area contributed by atoms with Gasteiger partial charge < -0.3 is 10.4 Å². The highest BCUT2D eigenvalue weighted by molar-refractivity contribution is 5.92. The van der Waals surface area contributed by atoms with E-state index < -0.39 is 5.97 Å². The number of aromatic carboxylic acids is 1. The van der Waals surface area contributed by atoms with Gasteiger partial charge in [0.2, 0.25) is 5.91 Å². The highest BCUT2D eigenvalue weighted by Gasteiger charge is 2.05. The molecule has 0 aliphatic rings. The van der Waals surface area contributed by atoms with Crippen LogP contribution in [-0.4, -0.2) is 17.0 Å². The fourth-order valence-corrected chi connectivity index (χ4v) is 3.28. The summed E-state index contributed by atoms with van der Waals surface area (Å²) in [7, 11) is 0. The third-order valence-electron chi connectivity index (χ3n) is 5.08. The molecule has 4 nitrogen and oxygen atoms in total. The Labute approximate surface area is 176 Å². The first kappa shape index (κ1) is 24.9. The van der Waals surface area contributed by atoms with Gasteiger partial charge in [-0.2, -0.15) is 0 Å². The summed E-state index contributed by atoms with van der Waals surface area (Å²) in [6.07, 6.45) is 21.3. The number of nitrogens with one attached hydrogen (secondary N) is 1. The van der Waals surface area contributed by atoms with Crippen LogP contribution in [0, 0.1) is 0 Å². The summed E-state index contributed by atoms with van der Waals surface area (Å²) in [5.41, 5.74) is 0.869. The zero-order valence-electron chi connectivity index (χ0n) is 18.1. The molecule has 0 radical (unpaired) electrons. The molecule has 0 heterocycles. The minimum absolute atomic E-state index is 0.00861. The molecule has 1 amide bonds. The van der Waals surface area contributed by atoms with Crippen LogP contribution in [-0.2, 0) is 4.79 Å². The van der Waals surface area contributed by atoms with E-state index in [-0.39, 0.29) is 11.5 Å². The smallest absolute Gasteiger partial charge is 0.335 e. The standard InChI is InChI=1S/C25H39NO3/c1-2-3-4-5-6-7-8-9-10-11-12-13-14-15-16-17-24(27)26-23-20-18-22(19-21-23)25(28)29/h9-10,18-21H,2-8,11-17H2,1H3,(H,26,27)(H,28,29). The number of hydrogen-bond donors (Lipinski definition) is 2. The van der Waals surface area contributed by atoms with Crippen molar-refractivity contribution in [2.75, 3.05) is 5.32 Å². The number of amides is 1. The van der Waals surface area contributed by atoms with E-state index in [0.717, 1.165) is 12.8 Å². The first-order valence-corrected chi connectivity index (χ1v) is 11.4. The van der Waals surface area contributed by atoms with Crippen molar-refractivity contribution in [3.63, 3.8) is 0 Å². The van der Waals surface area contributed by atoms with E-state index >= 15 is 0 Å². The molecule has 4 heteroatoms. The maximum atomic E-state index is 11.9. The van der Waals surface area contributed by atoms with Crippen molar-refractivity contribution in [3.8, 4) is 0 Å². The van der Waals surface area contributed by atoms with E-state index in [1.807, 2.05) is 0 Å². The van der Waals surface area contributed by atoms with Gasteiger partial charge in [-0.25, -0.2) is 4.79 Å². The van der Waals surface area contributed by atoms with Gasteiger partial charge >= 0.3 is 5.97 Å². The van der Waals surface area contributed by atoms with Crippen LogP contribution < -0.4 is 5.32 Å². The van der Waals surface area contributed by atoms with Crippen molar-refractivity contribution in [2.24, 2.45) is 0 Å². The molecule has 0 fully saturated rings. The van der Waals surface area contributed by atoms with Gasteiger partial charge in [-0.1, -0.05) is 70.4 Å². The average Bonchev–Trinajstić information content (AvgIpc) is 2.71. The Morgan fingerprint density at radius 1 is 0.793 bits per heavy atom. The Bertz CT molecular complexity index is 593. The van der Waals surface area contributed by atoms with Crippen molar-refractivity contribution in [2.45, 2.75) is 96.8 Å². The number of carbonyl (C=O) groups is 2. The highest BCUT2D eigenvalue weighted by atomic mass is 16.4. The number of anilines is 1. The topological polar surface area (TPSA) is 66.4 Å². The molecule has 0 saturated carbocycles. The monoisotopic (exact) mass is 401 g/mol. The van der Waals surface area contributed by atoms with Crippen LogP contribution in [0.3, 0.4) is 0 Å². The summed E-state index contributed by atoms with van der Waals surface area (Å²) in [5.74, 6) is -0.970. The molecule has 0 aromatic heterocycles. The van der Waals surface area contributed by atoms with Gasteiger partial charge in [0, 0.05) is 12.1 Å². The molecular formula is C25H39NO3. The lowest BCUT2D eigenvalue weighted by Crippen LogP contribution is -2.11. The summed E-state index contributed by atoms with van der Waals surface area (Å²) in [6, 6.07) is 6.25. The number of carboxylic acid groups (broad SMARTS) is 1. The normalized spacial score (nSPS) is 11.1. The minimum Gasteiger partial charge on any atom is -0.478 e. The van der Waals surface area contributed by atoms with E-state index in [9.17, 15) is 9.59 Å². The molecule has 0 aliphatic carbocycles. The molecule has 1 aromatic rings. The van der Waals surface area contributed by atoms with Gasteiger partial charge in [0.25, 0.3) is 0 Å². The molecule has 0 unspecified atom stereocenters. The van der Waals surface area contributed by atoms with E-state index in [2.05, 4.69) is 24.4 Å². The first-order valence-electron chi connectivity index (χ1n) is 11.4. The third kappa shape index (κ3) is 13.7. The summed E-state index contributed by atoms with van der Waals surface area (Å²) in [5, 5.41) is 11.7. The molecule has 0 spiro atoms. The van der Waals surface area contributed by atoms with Crippen LogP contribution in [0.4, 0.5) is 5.69 Å². The molecule has 0 bridgehead atoms. The zero-order valence-corrected chi connectivity index (χ0v) is 18.1. The largest absolute Gasteiger partial charge is 0.478 e. The van der Waals surface area contributed by atoms with E-state index in [1.165, 1.54) is 82.8 Å². The Morgan fingerprint density at radius 2 is 1.31 bits per heavy atom. The molecule has 2 N–H and O–H groups in total. The van der Waals surface area contributed by atoms with Gasteiger partial charge in [-0.15, -0.1) is 0 Å². The van der Waals surface area contributed by atoms with Crippen LogP contribution in [0.15, 0.2) is 36.4 Å². The SMILES string of the molecule is CCCCCCCCC=CCCCCCCCC(=O)Nc1ccc(C(=O)O)cc1. The number of allylic oxidation sites excluding steroid dienone is 2. The van der Waals surface area contributed by atoms with Crippen LogP contribution in [0.25, 0.3) is 0 Å². The quantitative estimate of drug-likeness (QED) is 0.212. The second kappa shape index (κ2) is 16.8. The fourth-order valence-electron chi connectivity index (χ4n) is 3.28. The molecular weight excluding hydrogens is 362 g/mol. The second-order valence-corrected chi connectivity index (χ2v) is 7.76. The molecule has 0 aliphatic heterocycles. The lowest BCUT2D eigenvalue weighted by molar-refractivity contribution is -0.116. The van der Waals surface area contributed by atoms with Crippen LogP contribution in [0.1, 0.15) is 107 Å². The van der Waals surface area contributed by atoms with Gasteiger partial charge in [-0.05, 0) is 56.4 Å². The maximum Gasteiger partial charge on any atom is 0.335 e. The van der Waals surface area contributed by atoms with Gasteiger partial charge in [-0.3, -0.25) is 4.79 Å². The van der Waals surface area contributed by atoms with Crippen molar-refractivity contribution in [3.05, 3.63) is 42.0 Å². The Balaban J connectivity index is 1.93. The van der Waals surface area contributed by atoms with E-state index in [4.69, 9.17) is 5.11 Å². The van der Waals surface area contributed by atoms with Crippen LogP contribution in [0.5, 0.6) is 0 Å². The number of hydrogen-bond acceptors (Lipinski definition) is 2. The average molecular weight is 402 g/mol. The van der Waals surface area contributed by atoms with Crippen molar-refractivity contribution < 1.29 is 14.7 Å². The number of carbonyl (C=O) groups excluding carboxylic acids is 1. The van der Waals surface area contributed by atoms with Crippen molar-refractivity contribution in [1.82, 2.24) is 0 Å². The second-order valence-electron chi connectivity index (χ2n) is 7.76. The van der Waals surface area contributed by atoms with E-state index in [0.29, 0.717) is 12.1 Å². The van der Waals surface area contributed by atoms with Crippen molar-refractivity contribution in [1.29, 1.82) is 0 Å². The highest BCUT2D eigenvalue weighted by Crippen LogP contribution is 2.12. The minimum atomic E-state index is -0.962. The summed E-state index contributed by atoms with van der Waals surface area (Å²) in [4.78, 5) is 22.7. The van der Waals surface area contributed by atoms with Gasteiger partial charge in [0.1, 0.15) is 0 Å². The Morgan fingerprint density at radius 3 is 1.86 bits per heavy atom. The molecule has 0 saturated heterocycles. The number of unbranched alkanes of at least 4 members (excludes halogenated alkanes) is 11. The first-order chi connectivity index (χ1) is 14.1. The summed E-state index contributed by atoms with van der Waals surface area (Å²) in [6.45, 7) is 2.26. The molecule has 162 valence electrons. The van der Waals surface area contributed by atoms with Gasteiger partial charge in [0.15, 0.2) is 0 Å². The molecule has 1 aromatic carbocycles. The fraction of sp³-hybridized carbons (Fsp3) is 0.600. The molecule has 1 rings (SSSR count). The van der Waals surface area contributed by atoms with Crippen molar-refractivity contribution >= 4 is 17.6 Å².